The Labute approximate surface area is 202 Å². The van der Waals surface area contributed by atoms with Gasteiger partial charge < -0.3 is 24.5 Å². The zero-order valence-electron chi connectivity index (χ0n) is 20.7. The Kier molecular flexibility index (Phi) is 6.00. The molecule has 2 aliphatic heterocycles. The van der Waals surface area contributed by atoms with Gasteiger partial charge in [-0.3, -0.25) is 0 Å². The highest BCUT2D eigenvalue weighted by Crippen LogP contribution is 2.35. The van der Waals surface area contributed by atoms with Crippen LogP contribution in [0.4, 0.5) is 0 Å². The highest BCUT2D eigenvalue weighted by Gasteiger charge is 2.44. The minimum Gasteiger partial charge on any atom is -0.389 e. The number of hydrogen-bond donors (Lipinski definition) is 2. The van der Waals surface area contributed by atoms with Gasteiger partial charge in [-0.05, 0) is 48.4 Å². The third kappa shape index (κ3) is 3.94. The predicted molar refractivity (Wildman–Crippen MR) is 136 cm³/mol. The number of nitrogens with one attached hydrogen (secondary N) is 1. The number of likely N-dealkylation sites (tertiary alicyclic amines) is 1. The number of fused-ring (bicyclic) bond motifs is 2. The van der Waals surface area contributed by atoms with E-state index in [-0.39, 0.29) is 11.6 Å². The zero-order valence-corrected chi connectivity index (χ0v) is 20.7. The van der Waals surface area contributed by atoms with Gasteiger partial charge in [0.1, 0.15) is 11.3 Å². The van der Waals surface area contributed by atoms with Crippen molar-refractivity contribution in [1.82, 2.24) is 19.6 Å². The number of piperidine rings is 1. The number of aliphatic hydroxyl groups is 1. The maximum atomic E-state index is 11.3. The molecule has 3 aromatic rings. The summed E-state index contributed by atoms with van der Waals surface area (Å²) in [6, 6.07) is 10.7. The summed E-state index contributed by atoms with van der Waals surface area (Å²) >= 11 is 0. The Balaban J connectivity index is 1.39. The largest absolute Gasteiger partial charge is 0.389 e. The van der Waals surface area contributed by atoms with Crippen molar-refractivity contribution in [2.24, 2.45) is 0 Å². The first-order chi connectivity index (χ1) is 16.3. The summed E-state index contributed by atoms with van der Waals surface area (Å²) in [5, 5.41) is 14.9. The van der Waals surface area contributed by atoms with Crippen molar-refractivity contribution >= 4 is 11.3 Å². The molecule has 6 nitrogen and oxygen atoms in total. The molecule has 34 heavy (non-hydrogen) atoms. The minimum absolute atomic E-state index is 0.0540. The van der Waals surface area contributed by atoms with Crippen LogP contribution < -0.4 is 5.32 Å². The lowest BCUT2D eigenvalue weighted by atomic mass is 9.76. The lowest BCUT2D eigenvalue weighted by Crippen LogP contribution is -2.64. The van der Waals surface area contributed by atoms with Gasteiger partial charge in [0.05, 0.1) is 23.4 Å². The number of aliphatic hydroxyl groups excluding tert-OH is 1. The lowest BCUT2D eigenvalue weighted by Gasteiger charge is -2.49. The van der Waals surface area contributed by atoms with Crippen LogP contribution in [0.2, 0.25) is 0 Å². The zero-order chi connectivity index (χ0) is 24.0. The van der Waals surface area contributed by atoms with Crippen LogP contribution in [0.1, 0.15) is 67.2 Å². The number of methoxy groups -OCH3 is 1. The van der Waals surface area contributed by atoms with Crippen LogP contribution in [0, 0.1) is 0 Å². The molecule has 0 saturated carbocycles. The van der Waals surface area contributed by atoms with Crippen LogP contribution in [-0.4, -0.2) is 51.2 Å². The number of rotatable bonds is 5. The van der Waals surface area contributed by atoms with Crippen molar-refractivity contribution in [2.75, 3.05) is 20.2 Å². The molecule has 2 N–H and O–H groups in total. The van der Waals surface area contributed by atoms with E-state index in [1.165, 1.54) is 16.7 Å². The van der Waals surface area contributed by atoms with Crippen molar-refractivity contribution in [3.05, 3.63) is 77.3 Å². The van der Waals surface area contributed by atoms with Crippen LogP contribution in [0.25, 0.3) is 11.3 Å². The molecule has 0 aliphatic carbocycles. The monoisotopic (exact) mass is 460 g/mol. The van der Waals surface area contributed by atoms with Crippen molar-refractivity contribution in [3.8, 4) is 0 Å². The second kappa shape index (κ2) is 8.84. The number of hydrogen-bond acceptors (Lipinski definition) is 5. The highest BCUT2D eigenvalue weighted by atomic mass is 16.5. The molecule has 0 bridgehead atoms. The lowest BCUT2D eigenvalue weighted by molar-refractivity contribution is -0.00184. The number of aromatic nitrogens is 2. The highest BCUT2D eigenvalue weighted by molar-refractivity contribution is 5.64. The summed E-state index contributed by atoms with van der Waals surface area (Å²) in [6.07, 6.45) is 5.38. The first kappa shape index (κ1) is 23.1. The Morgan fingerprint density at radius 3 is 2.71 bits per heavy atom. The van der Waals surface area contributed by atoms with Crippen molar-refractivity contribution in [2.45, 2.75) is 63.8 Å². The van der Waals surface area contributed by atoms with E-state index in [4.69, 9.17) is 9.72 Å². The molecular weight excluding hydrogens is 424 g/mol. The average Bonchev–Trinajstić information content (AvgIpc) is 3.28. The molecule has 5 rings (SSSR count). The number of benzene rings is 1. The van der Waals surface area contributed by atoms with Crippen LogP contribution >= 0.6 is 0 Å². The van der Waals surface area contributed by atoms with E-state index < -0.39 is 6.10 Å². The van der Waals surface area contributed by atoms with Gasteiger partial charge in [0.2, 0.25) is 0 Å². The normalized spacial score (nSPS) is 23.5. The molecule has 180 valence electrons. The first-order valence-corrected chi connectivity index (χ1v) is 12.3. The Hall–Kier alpha value is -2.67. The topological polar surface area (TPSA) is 62.0 Å². The summed E-state index contributed by atoms with van der Waals surface area (Å²) < 4.78 is 7.74. The molecule has 1 saturated heterocycles. The van der Waals surface area contributed by atoms with Gasteiger partial charge in [-0.25, -0.2) is 4.98 Å². The van der Waals surface area contributed by atoms with Gasteiger partial charge in [0.15, 0.2) is 0 Å². The smallest absolute Gasteiger partial charge is 0.143 e. The van der Waals surface area contributed by atoms with Crippen molar-refractivity contribution in [3.63, 3.8) is 0 Å². The molecule has 3 atom stereocenters. The first-order valence-electron chi connectivity index (χ1n) is 12.3. The standard InChI is InChI=1S/C28H36N4O2/c1-18(2)23-12-24(20(4)34-5)27-30-25(16-32(27)15-23)19(3)31-11-10-28(26(33)17-31)13-21-8-6-7-9-22(21)14-29-28/h6-9,12,15-16,18,20,26,29,33H,3,10-11,13-14,17H2,1-2,4-5H3/t20?,26-,28+/m1/s1. The van der Waals surface area contributed by atoms with Crippen molar-refractivity contribution in [1.29, 1.82) is 0 Å². The third-order valence-electron chi connectivity index (χ3n) is 7.85. The van der Waals surface area contributed by atoms with Gasteiger partial charge in [0.25, 0.3) is 0 Å². The molecule has 2 aromatic heterocycles. The van der Waals surface area contributed by atoms with Gasteiger partial charge in [-0.2, -0.15) is 0 Å². The van der Waals surface area contributed by atoms with E-state index in [1.54, 1.807) is 7.11 Å². The maximum absolute atomic E-state index is 11.3. The number of nitrogens with zero attached hydrogens (tertiary/aromatic N) is 3. The van der Waals surface area contributed by atoms with Gasteiger partial charge in [-0.15, -0.1) is 0 Å². The van der Waals surface area contributed by atoms with E-state index in [9.17, 15) is 5.11 Å². The molecule has 1 unspecified atom stereocenters. The number of ether oxygens (including phenoxy) is 1. The Bertz CT molecular complexity index is 1220. The molecule has 1 fully saturated rings. The molecule has 0 radical (unpaired) electrons. The molecule has 2 aliphatic rings. The van der Waals surface area contributed by atoms with Gasteiger partial charge in [-0.1, -0.05) is 44.7 Å². The van der Waals surface area contributed by atoms with E-state index >= 15 is 0 Å². The molecule has 0 amide bonds. The summed E-state index contributed by atoms with van der Waals surface area (Å²) in [7, 11) is 1.73. The molecular formula is C28H36N4O2. The maximum Gasteiger partial charge on any atom is 0.143 e. The molecule has 1 aromatic carbocycles. The fourth-order valence-electron chi connectivity index (χ4n) is 5.40. The number of β-amino-alcohol motifs (C(OH)–C–C–N with tert-alkyl or cyclic N) is 1. The van der Waals surface area contributed by atoms with Crippen LogP contribution in [0.15, 0.2) is 49.3 Å². The van der Waals surface area contributed by atoms with Crippen LogP contribution in [-0.2, 0) is 17.7 Å². The Morgan fingerprint density at radius 1 is 1.24 bits per heavy atom. The fraction of sp³-hybridized carbons (Fsp3) is 0.464. The molecule has 4 heterocycles. The third-order valence-corrected chi connectivity index (χ3v) is 7.85. The van der Waals surface area contributed by atoms with Crippen molar-refractivity contribution < 1.29 is 9.84 Å². The van der Waals surface area contributed by atoms with Gasteiger partial charge >= 0.3 is 0 Å². The summed E-state index contributed by atoms with van der Waals surface area (Å²) in [5.41, 5.74) is 7.32. The number of imidazole rings is 1. The van der Waals surface area contributed by atoms with E-state index in [1.807, 2.05) is 0 Å². The minimum atomic E-state index is -0.486. The molecule has 1 spiro atoms. The second-order valence-electron chi connectivity index (χ2n) is 10.2. The fourth-order valence-corrected chi connectivity index (χ4v) is 5.40. The van der Waals surface area contributed by atoms with Crippen LogP contribution in [0.3, 0.4) is 0 Å². The molecule has 6 heteroatoms. The quantitative estimate of drug-likeness (QED) is 0.595. The van der Waals surface area contributed by atoms with Gasteiger partial charge in [0, 0.05) is 44.7 Å². The predicted octanol–water partition coefficient (Wildman–Crippen LogP) is 4.29. The average molecular weight is 461 g/mol. The van der Waals surface area contributed by atoms with Crippen LogP contribution in [0.5, 0.6) is 0 Å². The summed E-state index contributed by atoms with van der Waals surface area (Å²) in [5.74, 6) is 0.405. The van der Waals surface area contributed by atoms with E-state index in [0.717, 1.165) is 48.5 Å². The number of pyridine rings is 1. The summed E-state index contributed by atoms with van der Waals surface area (Å²) in [6.45, 7) is 13.0. The van der Waals surface area contributed by atoms with E-state index in [0.29, 0.717) is 12.5 Å². The van der Waals surface area contributed by atoms with E-state index in [2.05, 4.69) is 84.7 Å². The Morgan fingerprint density at radius 2 is 2.00 bits per heavy atom. The summed E-state index contributed by atoms with van der Waals surface area (Å²) in [4.78, 5) is 7.14. The SMILES string of the molecule is C=C(c1cn2cc(C(C)C)cc(C(C)OC)c2n1)N1CC[C@]2(Cc3ccccc3CN2)[C@H](O)C1. The second-order valence-corrected chi connectivity index (χ2v) is 10.2.